The van der Waals surface area contributed by atoms with E-state index in [4.69, 9.17) is 16.2 Å². The summed E-state index contributed by atoms with van der Waals surface area (Å²) in [5, 5.41) is 10.5. The van der Waals surface area contributed by atoms with Crippen LogP contribution in [-0.4, -0.2) is 11.5 Å². The van der Waals surface area contributed by atoms with E-state index in [1.54, 1.807) is 6.07 Å². The molecule has 1 aromatic rings. The van der Waals surface area contributed by atoms with Crippen molar-refractivity contribution in [3.63, 3.8) is 0 Å². The van der Waals surface area contributed by atoms with Crippen molar-refractivity contribution in [3.05, 3.63) is 27.8 Å². The molecule has 0 aliphatic carbocycles. The van der Waals surface area contributed by atoms with Gasteiger partial charge in [0.2, 0.25) is 0 Å². The van der Waals surface area contributed by atoms with Gasteiger partial charge in [0, 0.05) is 11.6 Å². The third-order valence-electron chi connectivity index (χ3n) is 2.21. The van der Waals surface area contributed by atoms with Crippen molar-refractivity contribution >= 4 is 11.4 Å². The molecule has 6 nitrogen and oxygen atoms in total. The van der Waals surface area contributed by atoms with E-state index in [9.17, 15) is 10.1 Å². The molecule has 0 bridgehead atoms. The quantitative estimate of drug-likeness (QED) is 0.387. The Labute approximate surface area is 79.6 Å². The highest BCUT2D eigenvalue weighted by atomic mass is 16.6. The fourth-order valence-corrected chi connectivity index (χ4v) is 1.48. The summed E-state index contributed by atoms with van der Waals surface area (Å²) in [6.45, 7) is 0.320. The second-order valence-electron chi connectivity index (χ2n) is 3.09. The second-order valence-corrected chi connectivity index (χ2v) is 3.09. The van der Waals surface area contributed by atoms with Gasteiger partial charge in [-0.2, -0.15) is 0 Å². The lowest BCUT2D eigenvalue weighted by Crippen LogP contribution is -2.10. The number of fused-ring (bicyclic) bond motifs is 1. The molecule has 1 unspecified atom stereocenters. The zero-order valence-corrected chi connectivity index (χ0v) is 7.27. The van der Waals surface area contributed by atoms with Gasteiger partial charge < -0.3 is 16.2 Å². The summed E-state index contributed by atoms with van der Waals surface area (Å²) in [7, 11) is 0. The summed E-state index contributed by atoms with van der Waals surface area (Å²) in [5.74, 6) is 0.353. The molecule has 0 fully saturated rings. The lowest BCUT2D eigenvalue weighted by atomic mass is 10.1. The van der Waals surface area contributed by atoms with E-state index >= 15 is 0 Å². The largest absolute Gasteiger partial charge is 0.489 e. The molecule has 1 heterocycles. The number of hydrogen-bond donors (Lipinski definition) is 2. The maximum Gasteiger partial charge on any atom is 0.295 e. The standard InChI is InChI=1S/C8H9N3O3/c9-5-3-14-8-4(5)1-2-6(7(8)10)11(12)13/h1-2,5H,3,9-10H2. The number of nitro groups is 1. The van der Waals surface area contributed by atoms with Crippen LogP contribution in [0.2, 0.25) is 0 Å². The summed E-state index contributed by atoms with van der Waals surface area (Å²) in [5.41, 5.74) is 11.9. The maximum absolute atomic E-state index is 10.5. The molecule has 0 saturated heterocycles. The Bertz CT molecular complexity index is 405. The molecule has 74 valence electrons. The SMILES string of the molecule is Nc1c([N+](=O)[O-])ccc2c1OCC2N. The molecule has 0 aromatic heterocycles. The lowest BCUT2D eigenvalue weighted by Gasteiger charge is -2.03. The average molecular weight is 195 g/mol. The van der Waals surface area contributed by atoms with Crippen LogP contribution in [0.5, 0.6) is 5.75 Å². The fraction of sp³-hybridized carbons (Fsp3) is 0.250. The first-order valence-corrected chi connectivity index (χ1v) is 4.06. The number of benzene rings is 1. The van der Waals surface area contributed by atoms with E-state index in [0.29, 0.717) is 12.4 Å². The Morgan fingerprint density at radius 1 is 1.57 bits per heavy atom. The number of nitrogens with two attached hydrogens (primary N) is 2. The van der Waals surface area contributed by atoms with Crippen LogP contribution in [-0.2, 0) is 0 Å². The maximum atomic E-state index is 10.5. The molecular weight excluding hydrogens is 186 g/mol. The van der Waals surface area contributed by atoms with Crippen molar-refractivity contribution in [1.82, 2.24) is 0 Å². The molecule has 6 heteroatoms. The normalized spacial score (nSPS) is 18.8. The van der Waals surface area contributed by atoms with E-state index in [1.807, 2.05) is 0 Å². The topological polar surface area (TPSA) is 104 Å². The van der Waals surface area contributed by atoms with Gasteiger partial charge in [0.15, 0.2) is 11.4 Å². The molecule has 2 rings (SSSR count). The van der Waals surface area contributed by atoms with Gasteiger partial charge in [-0.05, 0) is 6.07 Å². The number of anilines is 1. The first-order chi connectivity index (χ1) is 6.61. The highest BCUT2D eigenvalue weighted by molar-refractivity contribution is 5.71. The van der Waals surface area contributed by atoms with Crippen molar-refractivity contribution < 1.29 is 9.66 Å². The van der Waals surface area contributed by atoms with Crippen molar-refractivity contribution in [1.29, 1.82) is 0 Å². The molecule has 0 saturated carbocycles. The first-order valence-electron chi connectivity index (χ1n) is 4.06. The minimum absolute atomic E-state index is 0.0560. The molecule has 4 N–H and O–H groups in total. The summed E-state index contributed by atoms with van der Waals surface area (Å²) in [4.78, 5) is 10.0. The minimum atomic E-state index is -0.539. The van der Waals surface area contributed by atoms with E-state index in [1.165, 1.54) is 6.07 Å². The third kappa shape index (κ3) is 1.08. The van der Waals surface area contributed by atoms with Gasteiger partial charge in [0.25, 0.3) is 5.69 Å². The number of hydrogen-bond acceptors (Lipinski definition) is 5. The number of nitrogens with zero attached hydrogens (tertiary/aromatic N) is 1. The summed E-state index contributed by atoms with van der Waals surface area (Å²) < 4.78 is 5.18. The van der Waals surface area contributed by atoms with Crippen LogP contribution in [0.1, 0.15) is 11.6 Å². The summed E-state index contributed by atoms with van der Waals surface area (Å²) in [6, 6.07) is 2.69. The number of nitro benzene ring substituents is 1. The van der Waals surface area contributed by atoms with E-state index in [-0.39, 0.29) is 17.4 Å². The second kappa shape index (κ2) is 2.85. The molecule has 1 aliphatic rings. The van der Waals surface area contributed by atoms with Crippen molar-refractivity contribution in [2.45, 2.75) is 6.04 Å². The molecule has 14 heavy (non-hydrogen) atoms. The van der Waals surface area contributed by atoms with Crippen LogP contribution in [0.25, 0.3) is 0 Å². The van der Waals surface area contributed by atoms with Crippen LogP contribution in [0.4, 0.5) is 11.4 Å². The third-order valence-corrected chi connectivity index (χ3v) is 2.21. The summed E-state index contributed by atoms with van der Waals surface area (Å²) in [6.07, 6.45) is 0. The van der Waals surface area contributed by atoms with Crippen LogP contribution in [0, 0.1) is 10.1 Å². The molecule has 0 amide bonds. The highest BCUT2D eigenvalue weighted by Crippen LogP contribution is 2.40. The van der Waals surface area contributed by atoms with Gasteiger partial charge in [0.1, 0.15) is 6.61 Å². The summed E-state index contributed by atoms with van der Waals surface area (Å²) >= 11 is 0. The molecule has 0 spiro atoms. The predicted molar refractivity (Wildman–Crippen MR) is 49.9 cm³/mol. The Morgan fingerprint density at radius 2 is 2.29 bits per heavy atom. The Morgan fingerprint density at radius 3 is 2.93 bits per heavy atom. The van der Waals surface area contributed by atoms with Gasteiger partial charge in [-0.25, -0.2) is 0 Å². The van der Waals surface area contributed by atoms with Crippen LogP contribution in [0.3, 0.4) is 0 Å². The number of ether oxygens (including phenoxy) is 1. The number of nitrogen functional groups attached to an aromatic ring is 1. The smallest absolute Gasteiger partial charge is 0.295 e. The predicted octanol–water partition coefficient (Wildman–Crippen LogP) is 0.569. The molecule has 0 radical (unpaired) electrons. The molecule has 1 atom stereocenters. The van der Waals surface area contributed by atoms with E-state index < -0.39 is 4.92 Å². The zero-order chi connectivity index (χ0) is 10.3. The first kappa shape index (κ1) is 8.76. The van der Waals surface area contributed by atoms with Crippen molar-refractivity contribution in [2.24, 2.45) is 5.73 Å². The Kier molecular flexibility index (Phi) is 1.78. The van der Waals surface area contributed by atoms with E-state index in [2.05, 4.69) is 0 Å². The van der Waals surface area contributed by atoms with Crippen LogP contribution in [0.15, 0.2) is 12.1 Å². The molecule has 1 aliphatic heterocycles. The van der Waals surface area contributed by atoms with Gasteiger partial charge in [-0.15, -0.1) is 0 Å². The monoisotopic (exact) mass is 195 g/mol. The van der Waals surface area contributed by atoms with Crippen LogP contribution >= 0.6 is 0 Å². The van der Waals surface area contributed by atoms with Crippen LogP contribution < -0.4 is 16.2 Å². The van der Waals surface area contributed by atoms with Crippen molar-refractivity contribution in [2.75, 3.05) is 12.3 Å². The number of rotatable bonds is 1. The minimum Gasteiger partial charge on any atom is -0.489 e. The van der Waals surface area contributed by atoms with Gasteiger partial charge >= 0.3 is 0 Å². The fourth-order valence-electron chi connectivity index (χ4n) is 1.48. The van der Waals surface area contributed by atoms with E-state index in [0.717, 1.165) is 5.56 Å². The zero-order valence-electron chi connectivity index (χ0n) is 7.27. The Balaban J connectivity index is 2.58. The van der Waals surface area contributed by atoms with Crippen molar-refractivity contribution in [3.8, 4) is 5.75 Å². The van der Waals surface area contributed by atoms with Gasteiger partial charge in [-0.1, -0.05) is 0 Å². The average Bonchev–Trinajstić information content (AvgIpc) is 2.49. The van der Waals surface area contributed by atoms with Gasteiger partial charge in [0.05, 0.1) is 11.0 Å². The molecule has 1 aromatic carbocycles. The van der Waals surface area contributed by atoms with Gasteiger partial charge in [-0.3, -0.25) is 10.1 Å². The lowest BCUT2D eigenvalue weighted by molar-refractivity contribution is -0.383. The Hall–Kier alpha value is -1.82. The highest BCUT2D eigenvalue weighted by Gasteiger charge is 2.27. The molecular formula is C8H9N3O3.